The second-order valence-electron chi connectivity index (χ2n) is 5.91. The van der Waals surface area contributed by atoms with E-state index in [0.717, 1.165) is 16.3 Å². The van der Waals surface area contributed by atoms with Gasteiger partial charge in [0.2, 0.25) is 0 Å². The Bertz CT molecular complexity index is 807. The van der Waals surface area contributed by atoms with Crippen molar-refractivity contribution in [3.63, 3.8) is 0 Å². The van der Waals surface area contributed by atoms with E-state index in [2.05, 4.69) is 4.98 Å². The van der Waals surface area contributed by atoms with E-state index < -0.39 is 0 Å². The van der Waals surface area contributed by atoms with Crippen LogP contribution in [0.2, 0.25) is 0 Å². The van der Waals surface area contributed by atoms with E-state index in [-0.39, 0.29) is 11.9 Å². The molecule has 0 aliphatic carbocycles. The van der Waals surface area contributed by atoms with Crippen LogP contribution in [0.4, 0.5) is 0 Å². The molecule has 0 bridgehead atoms. The fourth-order valence-electron chi connectivity index (χ4n) is 2.72. The zero-order valence-electron chi connectivity index (χ0n) is 13.4. The fourth-order valence-corrected chi connectivity index (χ4v) is 2.72. The summed E-state index contributed by atoms with van der Waals surface area (Å²) in [5.41, 5.74) is 1.84. The highest BCUT2D eigenvalue weighted by molar-refractivity contribution is 6.06. The van der Waals surface area contributed by atoms with Gasteiger partial charge in [0.1, 0.15) is 0 Å². The van der Waals surface area contributed by atoms with Crippen molar-refractivity contribution >= 4 is 16.7 Å². The van der Waals surface area contributed by atoms with Gasteiger partial charge >= 0.3 is 0 Å². The summed E-state index contributed by atoms with van der Waals surface area (Å²) >= 11 is 0. The van der Waals surface area contributed by atoms with Gasteiger partial charge in [0.25, 0.3) is 5.91 Å². The molecule has 0 spiro atoms. The number of pyridine rings is 1. The van der Waals surface area contributed by atoms with Crippen LogP contribution in [-0.2, 0) is 6.54 Å². The Labute approximate surface area is 136 Å². The fraction of sp³-hybridized carbons (Fsp3) is 0.200. The standard InChI is InChI=1S/C20H20N2O/c1-15(2)22(14-16-7-4-3-5-8-16)20(23)18-10-6-9-17-11-12-21-13-19(17)18/h3-13,15H,14H2,1-2H3. The van der Waals surface area contributed by atoms with Gasteiger partial charge in [-0.15, -0.1) is 0 Å². The quantitative estimate of drug-likeness (QED) is 0.720. The molecule has 0 aliphatic heterocycles. The molecule has 0 radical (unpaired) electrons. The first-order chi connectivity index (χ1) is 11.2. The molecule has 1 aromatic heterocycles. The lowest BCUT2D eigenvalue weighted by molar-refractivity contribution is 0.0692. The van der Waals surface area contributed by atoms with Gasteiger partial charge in [0, 0.05) is 35.9 Å². The van der Waals surface area contributed by atoms with Gasteiger partial charge in [-0.2, -0.15) is 0 Å². The van der Waals surface area contributed by atoms with Gasteiger partial charge in [0.15, 0.2) is 0 Å². The van der Waals surface area contributed by atoms with Crippen LogP contribution in [-0.4, -0.2) is 21.8 Å². The third-order valence-corrected chi connectivity index (χ3v) is 3.99. The van der Waals surface area contributed by atoms with Gasteiger partial charge in [-0.3, -0.25) is 9.78 Å². The molecule has 1 amide bonds. The van der Waals surface area contributed by atoms with E-state index >= 15 is 0 Å². The number of hydrogen-bond donors (Lipinski definition) is 0. The van der Waals surface area contributed by atoms with E-state index in [1.54, 1.807) is 12.4 Å². The number of carbonyl (C=O) groups excluding carboxylic acids is 1. The number of rotatable bonds is 4. The number of amides is 1. The first kappa shape index (κ1) is 15.2. The lowest BCUT2D eigenvalue weighted by Gasteiger charge is -2.27. The Hall–Kier alpha value is -2.68. The van der Waals surface area contributed by atoms with Crippen LogP contribution < -0.4 is 0 Å². The normalized spacial score (nSPS) is 10.9. The maximum absolute atomic E-state index is 13.1. The summed E-state index contributed by atoms with van der Waals surface area (Å²) in [6.45, 7) is 4.70. The Morgan fingerprint density at radius 2 is 1.83 bits per heavy atom. The molecule has 0 saturated heterocycles. The number of benzene rings is 2. The first-order valence-corrected chi connectivity index (χ1v) is 7.84. The molecule has 3 nitrogen and oxygen atoms in total. The van der Waals surface area contributed by atoms with Crippen molar-refractivity contribution < 1.29 is 4.79 Å². The van der Waals surface area contributed by atoms with E-state index in [1.807, 2.05) is 73.3 Å². The van der Waals surface area contributed by atoms with Gasteiger partial charge in [-0.1, -0.05) is 42.5 Å². The Balaban J connectivity index is 1.97. The van der Waals surface area contributed by atoms with Crippen molar-refractivity contribution in [2.45, 2.75) is 26.4 Å². The number of nitrogens with zero attached hydrogens (tertiary/aromatic N) is 2. The Morgan fingerprint density at radius 1 is 1.04 bits per heavy atom. The number of hydrogen-bond acceptors (Lipinski definition) is 2. The summed E-state index contributed by atoms with van der Waals surface area (Å²) in [6, 6.07) is 18.0. The van der Waals surface area contributed by atoms with Crippen LogP contribution in [0, 0.1) is 0 Å². The molecule has 0 unspecified atom stereocenters. The van der Waals surface area contributed by atoms with Gasteiger partial charge < -0.3 is 4.90 Å². The average Bonchev–Trinajstić information content (AvgIpc) is 2.59. The molecular formula is C20H20N2O. The average molecular weight is 304 g/mol. The third kappa shape index (κ3) is 3.24. The minimum atomic E-state index is 0.0439. The number of fused-ring (bicyclic) bond motifs is 1. The molecule has 0 atom stereocenters. The van der Waals surface area contributed by atoms with E-state index in [4.69, 9.17) is 0 Å². The molecule has 3 aromatic rings. The molecule has 3 heteroatoms. The van der Waals surface area contributed by atoms with E-state index in [1.165, 1.54) is 0 Å². The zero-order valence-corrected chi connectivity index (χ0v) is 13.4. The van der Waals surface area contributed by atoms with Crippen LogP contribution in [0.25, 0.3) is 10.8 Å². The monoisotopic (exact) mass is 304 g/mol. The van der Waals surface area contributed by atoms with Crippen molar-refractivity contribution in [1.29, 1.82) is 0 Å². The second kappa shape index (κ2) is 6.61. The molecule has 1 heterocycles. The molecule has 0 fully saturated rings. The summed E-state index contributed by atoms with van der Waals surface area (Å²) in [5, 5.41) is 1.94. The van der Waals surface area contributed by atoms with Gasteiger partial charge in [0.05, 0.1) is 0 Å². The highest BCUT2D eigenvalue weighted by Crippen LogP contribution is 2.21. The molecular weight excluding hydrogens is 284 g/mol. The predicted molar refractivity (Wildman–Crippen MR) is 93.2 cm³/mol. The summed E-state index contributed by atoms with van der Waals surface area (Å²) in [5.74, 6) is 0.0439. The molecule has 0 aliphatic rings. The Morgan fingerprint density at radius 3 is 2.57 bits per heavy atom. The van der Waals surface area contributed by atoms with Crippen LogP contribution in [0.5, 0.6) is 0 Å². The minimum Gasteiger partial charge on any atom is -0.332 e. The molecule has 3 rings (SSSR count). The summed E-state index contributed by atoms with van der Waals surface area (Å²) in [6.07, 6.45) is 3.52. The first-order valence-electron chi connectivity index (χ1n) is 7.84. The highest BCUT2D eigenvalue weighted by Gasteiger charge is 2.20. The third-order valence-electron chi connectivity index (χ3n) is 3.99. The SMILES string of the molecule is CC(C)N(Cc1ccccc1)C(=O)c1cccc2ccncc12. The number of carbonyl (C=O) groups is 1. The van der Waals surface area contributed by atoms with Crippen molar-refractivity contribution in [2.75, 3.05) is 0 Å². The van der Waals surface area contributed by atoms with E-state index in [0.29, 0.717) is 12.1 Å². The molecule has 23 heavy (non-hydrogen) atoms. The van der Waals surface area contributed by atoms with Gasteiger partial charge in [-0.25, -0.2) is 0 Å². The zero-order chi connectivity index (χ0) is 16.2. The van der Waals surface area contributed by atoms with Gasteiger partial charge in [-0.05, 0) is 36.9 Å². The summed E-state index contributed by atoms with van der Waals surface area (Å²) in [4.78, 5) is 19.2. The Kier molecular flexibility index (Phi) is 4.38. The van der Waals surface area contributed by atoms with E-state index in [9.17, 15) is 4.79 Å². The van der Waals surface area contributed by atoms with Crippen molar-refractivity contribution in [1.82, 2.24) is 9.88 Å². The summed E-state index contributed by atoms with van der Waals surface area (Å²) in [7, 11) is 0. The van der Waals surface area contributed by atoms with Crippen LogP contribution in [0.1, 0.15) is 29.8 Å². The maximum Gasteiger partial charge on any atom is 0.255 e. The molecule has 0 saturated carbocycles. The number of aromatic nitrogens is 1. The largest absolute Gasteiger partial charge is 0.332 e. The molecule has 116 valence electrons. The minimum absolute atomic E-state index is 0.0439. The van der Waals surface area contributed by atoms with Crippen LogP contribution in [0.3, 0.4) is 0 Å². The second-order valence-corrected chi connectivity index (χ2v) is 5.91. The summed E-state index contributed by atoms with van der Waals surface area (Å²) < 4.78 is 0. The van der Waals surface area contributed by atoms with Crippen molar-refractivity contribution in [2.24, 2.45) is 0 Å². The smallest absolute Gasteiger partial charge is 0.255 e. The van der Waals surface area contributed by atoms with Crippen molar-refractivity contribution in [3.05, 3.63) is 78.1 Å². The topological polar surface area (TPSA) is 33.2 Å². The predicted octanol–water partition coefficient (Wildman–Crippen LogP) is 4.29. The molecule has 0 N–H and O–H groups in total. The lowest BCUT2D eigenvalue weighted by Crippen LogP contribution is -2.36. The van der Waals surface area contributed by atoms with Crippen LogP contribution >= 0.6 is 0 Å². The lowest BCUT2D eigenvalue weighted by atomic mass is 10.0. The molecule has 2 aromatic carbocycles. The maximum atomic E-state index is 13.1. The highest BCUT2D eigenvalue weighted by atomic mass is 16.2. The van der Waals surface area contributed by atoms with Crippen LogP contribution in [0.15, 0.2) is 67.0 Å². The van der Waals surface area contributed by atoms with Crippen molar-refractivity contribution in [3.8, 4) is 0 Å².